The van der Waals surface area contributed by atoms with Crippen LogP contribution in [-0.4, -0.2) is 11.8 Å². The van der Waals surface area contributed by atoms with Crippen LogP contribution in [0.2, 0.25) is 5.02 Å². The Balaban J connectivity index is 1.76. The first kappa shape index (κ1) is 20.3. The summed E-state index contributed by atoms with van der Waals surface area (Å²) in [5, 5.41) is 0.482. The second-order valence-corrected chi connectivity index (χ2v) is 7.95. The van der Waals surface area contributed by atoms with E-state index in [0.29, 0.717) is 22.4 Å². The van der Waals surface area contributed by atoms with Crippen molar-refractivity contribution in [3.63, 3.8) is 0 Å². The van der Waals surface area contributed by atoms with E-state index >= 15 is 0 Å². The van der Waals surface area contributed by atoms with Crippen LogP contribution in [0.25, 0.3) is 5.57 Å². The molecule has 0 aliphatic carbocycles. The van der Waals surface area contributed by atoms with Gasteiger partial charge in [-0.05, 0) is 35.4 Å². The molecule has 1 heterocycles. The molecule has 0 saturated heterocycles. The van der Waals surface area contributed by atoms with Gasteiger partial charge in [-0.25, -0.2) is 13.7 Å². The first-order valence-corrected chi connectivity index (χ1v) is 10.3. The van der Waals surface area contributed by atoms with Crippen LogP contribution in [0.3, 0.4) is 0 Å². The SMILES string of the molecule is O=C1C(SCc2ccccc2)=C(c2ccc(Cl)cc2)C(=O)N1c1ccc(F)cc1F. The minimum Gasteiger partial charge on any atom is -0.268 e. The van der Waals surface area contributed by atoms with Gasteiger partial charge in [-0.3, -0.25) is 9.59 Å². The first-order valence-electron chi connectivity index (χ1n) is 8.96. The normalized spacial score (nSPS) is 14.0. The van der Waals surface area contributed by atoms with E-state index in [1.165, 1.54) is 11.8 Å². The number of hydrogen-bond acceptors (Lipinski definition) is 3. The molecule has 2 amide bonds. The third-order valence-electron chi connectivity index (χ3n) is 4.55. The third-order valence-corrected chi connectivity index (χ3v) is 5.95. The van der Waals surface area contributed by atoms with Gasteiger partial charge in [-0.1, -0.05) is 54.1 Å². The highest BCUT2D eigenvalue weighted by atomic mass is 35.5. The summed E-state index contributed by atoms with van der Waals surface area (Å²) in [6.45, 7) is 0. The van der Waals surface area contributed by atoms with E-state index < -0.39 is 23.4 Å². The number of thioether (sulfide) groups is 1. The number of nitrogens with zero attached hydrogens (tertiary/aromatic N) is 1. The molecule has 0 unspecified atom stereocenters. The largest absolute Gasteiger partial charge is 0.272 e. The zero-order valence-electron chi connectivity index (χ0n) is 15.4. The summed E-state index contributed by atoms with van der Waals surface area (Å²) in [6.07, 6.45) is 0. The van der Waals surface area contributed by atoms with E-state index in [4.69, 9.17) is 11.6 Å². The van der Waals surface area contributed by atoms with E-state index in [9.17, 15) is 18.4 Å². The summed E-state index contributed by atoms with van der Waals surface area (Å²) in [6, 6.07) is 18.7. The zero-order valence-corrected chi connectivity index (χ0v) is 17.0. The molecule has 3 aromatic carbocycles. The Labute approximate surface area is 181 Å². The van der Waals surface area contributed by atoms with Crippen molar-refractivity contribution in [2.75, 3.05) is 4.90 Å². The molecular weight excluding hydrogens is 428 g/mol. The Bertz CT molecular complexity index is 1160. The fourth-order valence-corrected chi connectivity index (χ4v) is 4.32. The summed E-state index contributed by atoms with van der Waals surface area (Å²) in [5.74, 6) is -2.63. The van der Waals surface area contributed by atoms with E-state index in [1.807, 2.05) is 30.3 Å². The summed E-state index contributed by atoms with van der Waals surface area (Å²) in [4.78, 5) is 27.3. The van der Waals surface area contributed by atoms with Gasteiger partial charge in [0, 0.05) is 16.8 Å². The molecule has 0 saturated carbocycles. The van der Waals surface area contributed by atoms with Gasteiger partial charge >= 0.3 is 0 Å². The molecule has 0 bridgehead atoms. The number of rotatable bonds is 5. The Morgan fingerprint density at radius 1 is 0.867 bits per heavy atom. The number of carbonyl (C=O) groups excluding carboxylic acids is 2. The van der Waals surface area contributed by atoms with Gasteiger partial charge in [0.15, 0.2) is 0 Å². The first-order chi connectivity index (χ1) is 14.5. The maximum absolute atomic E-state index is 14.4. The molecule has 0 fully saturated rings. The number of imide groups is 1. The molecule has 1 aliphatic rings. The van der Waals surface area contributed by atoms with Crippen molar-refractivity contribution in [1.29, 1.82) is 0 Å². The van der Waals surface area contributed by atoms with Crippen LogP contribution < -0.4 is 4.90 Å². The van der Waals surface area contributed by atoms with Gasteiger partial charge in [-0.2, -0.15) is 0 Å². The second-order valence-electron chi connectivity index (χ2n) is 6.53. The van der Waals surface area contributed by atoms with Crippen molar-refractivity contribution < 1.29 is 18.4 Å². The van der Waals surface area contributed by atoms with Crippen molar-refractivity contribution >= 4 is 46.4 Å². The van der Waals surface area contributed by atoms with Crippen molar-refractivity contribution in [1.82, 2.24) is 0 Å². The van der Waals surface area contributed by atoms with E-state index in [2.05, 4.69) is 0 Å². The van der Waals surface area contributed by atoms with Crippen LogP contribution in [-0.2, 0) is 15.3 Å². The van der Waals surface area contributed by atoms with Crippen molar-refractivity contribution in [3.05, 3.63) is 105 Å². The number of benzene rings is 3. The molecule has 1 aliphatic heterocycles. The zero-order chi connectivity index (χ0) is 21.3. The molecule has 0 aromatic heterocycles. The number of halogens is 3. The molecule has 150 valence electrons. The summed E-state index contributed by atoms with van der Waals surface area (Å²) < 4.78 is 27.7. The van der Waals surface area contributed by atoms with Gasteiger partial charge in [0.2, 0.25) is 0 Å². The molecule has 30 heavy (non-hydrogen) atoms. The maximum atomic E-state index is 14.4. The topological polar surface area (TPSA) is 37.4 Å². The molecule has 0 N–H and O–H groups in total. The lowest BCUT2D eigenvalue weighted by atomic mass is 10.1. The Morgan fingerprint density at radius 2 is 1.57 bits per heavy atom. The van der Waals surface area contributed by atoms with Gasteiger partial charge < -0.3 is 0 Å². The average molecular weight is 442 g/mol. The molecule has 7 heteroatoms. The number of anilines is 1. The fraction of sp³-hybridized carbons (Fsp3) is 0.0435. The molecule has 3 aromatic rings. The Kier molecular flexibility index (Phi) is 5.70. The van der Waals surface area contributed by atoms with Crippen LogP contribution in [0.4, 0.5) is 14.5 Å². The minimum atomic E-state index is -0.985. The van der Waals surface area contributed by atoms with E-state index in [1.54, 1.807) is 24.3 Å². The Morgan fingerprint density at radius 3 is 2.23 bits per heavy atom. The highest BCUT2D eigenvalue weighted by Gasteiger charge is 2.41. The van der Waals surface area contributed by atoms with Crippen molar-refractivity contribution in [2.45, 2.75) is 5.75 Å². The second kappa shape index (κ2) is 8.42. The predicted molar refractivity (Wildman–Crippen MR) is 115 cm³/mol. The van der Waals surface area contributed by atoms with E-state index in [-0.39, 0.29) is 16.2 Å². The summed E-state index contributed by atoms with van der Waals surface area (Å²) >= 11 is 7.15. The van der Waals surface area contributed by atoms with E-state index in [0.717, 1.165) is 22.6 Å². The van der Waals surface area contributed by atoms with Gasteiger partial charge in [0.05, 0.1) is 16.2 Å². The maximum Gasteiger partial charge on any atom is 0.272 e. The van der Waals surface area contributed by atoms with Crippen LogP contribution in [0.15, 0.2) is 77.7 Å². The molecule has 0 radical (unpaired) electrons. The standard InChI is InChI=1S/C23H14ClF2NO2S/c24-16-8-6-15(7-9-16)20-21(30-13-14-4-2-1-3-5-14)23(29)27(22(20)28)19-11-10-17(25)12-18(19)26/h1-12H,13H2. The number of carbonyl (C=O) groups is 2. The Hall–Kier alpha value is -2.96. The monoisotopic (exact) mass is 441 g/mol. The molecule has 0 spiro atoms. The number of amides is 2. The van der Waals surface area contributed by atoms with Crippen LogP contribution in [0, 0.1) is 11.6 Å². The highest BCUT2D eigenvalue weighted by Crippen LogP contribution is 2.40. The lowest BCUT2D eigenvalue weighted by Gasteiger charge is -2.16. The molecule has 4 rings (SSSR count). The predicted octanol–water partition coefficient (Wildman–Crippen LogP) is 5.84. The molecule has 3 nitrogen and oxygen atoms in total. The fourth-order valence-electron chi connectivity index (χ4n) is 3.13. The third kappa shape index (κ3) is 3.88. The minimum absolute atomic E-state index is 0.168. The van der Waals surface area contributed by atoms with Gasteiger partial charge in [-0.15, -0.1) is 11.8 Å². The molecule has 0 atom stereocenters. The average Bonchev–Trinajstić information content (AvgIpc) is 2.98. The van der Waals surface area contributed by atoms with Crippen molar-refractivity contribution in [3.8, 4) is 0 Å². The van der Waals surface area contributed by atoms with Gasteiger partial charge in [0.25, 0.3) is 11.8 Å². The summed E-state index contributed by atoms with van der Waals surface area (Å²) in [5.41, 5.74) is 1.35. The lowest BCUT2D eigenvalue weighted by molar-refractivity contribution is -0.119. The van der Waals surface area contributed by atoms with Crippen LogP contribution in [0.5, 0.6) is 0 Å². The molecular formula is C23H14ClF2NO2S. The van der Waals surface area contributed by atoms with Crippen LogP contribution in [0.1, 0.15) is 11.1 Å². The highest BCUT2D eigenvalue weighted by molar-refractivity contribution is 8.03. The van der Waals surface area contributed by atoms with Crippen LogP contribution >= 0.6 is 23.4 Å². The lowest BCUT2D eigenvalue weighted by Crippen LogP contribution is -2.32. The van der Waals surface area contributed by atoms with Gasteiger partial charge in [0.1, 0.15) is 11.6 Å². The number of hydrogen-bond donors (Lipinski definition) is 0. The quantitative estimate of drug-likeness (QED) is 0.467. The smallest absolute Gasteiger partial charge is 0.268 e. The summed E-state index contributed by atoms with van der Waals surface area (Å²) in [7, 11) is 0. The van der Waals surface area contributed by atoms with Crippen molar-refractivity contribution in [2.24, 2.45) is 0 Å².